The molecule has 1 N–H and O–H groups in total. The topological polar surface area (TPSA) is 59.1 Å². The van der Waals surface area contributed by atoms with E-state index in [0.29, 0.717) is 6.54 Å². The number of amides is 1. The van der Waals surface area contributed by atoms with E-state index in [0.717, 1.165) is 11.8 Å². The van der Waals surface area contributed by atoms with E-state index in [2.05, 4.69) is 36.3 Å². The number of allylic oxidation sites excluding steroid dienone is 4. The second kappa shape index (κ2) is 5.87. The fraction of sp³-hybridized carbons (Fsp3) is 0.389. The molecule has 1 aromatic heterocycles. The molecule has 4 heteroatoms. The van der Waals surface area contributed by atoms with Gasteiger partial charge in [0, 0.05) is 36.7 Å². The summed E-state index contributed by atoms with van der Waals surface area (Å²) in [6.07, 6.45) is 8.55. The zero-order chi connectivity index (χ0) is 15.7. The SMILES string of the molecule is CC(C)=C1[C@H]2C=C[C@@H]1[C@H](C=O)[C@@H]2C(=O)NCc1cccnc1. The van der Waals surface area contributed by atoms with Gasteiger partial charge in [-0.25, -0.2) is 0 Å². The molecular formula is C18H20N2O2. The summed E-state index contributed by atoms with van der Waals surface area (Å²) < 4.78 is 0. The van der Waals surface area contributed by atoms with Gasteiger partial charge in [0.05, 0.1) is 5.92 Å². The molecular weight excluding hydrogens is 276 g/mol. The highest BCUT2D eigenvalue weighted by Gasteiger charge is 2.51. The van der Waals surface area contributed by atoms with Gasteiger partial charge in [-0.2, -0.15) is 0 Å². The molecule has 1 saturated carbocycles. The van der Waals surface area contributed by atoms with Gasteiger partial charge in [0.2, 0.25) is 5.91 Å². The lowest BCUT2D eigenvalue weighted by Crippen LogP contribution is -2.37. The summed E-state index contributed by atoms with van der Waals surface area (Å²) in [6, 6.07) is 3.77. The maximum atomic E-state index is 12.6. The van der Waals surface area contributed by atoms with E-state index in [1.54, 1.807) is 12.4 Å². The smallest absolute Gasteiger partial charge is 0.225 e. The Morgan fingerprint density at radius 3 is 2.73 bits per heavy atom. The van der Waals surface area contributed by atoms with Crippen LogP contribution < -0.4 is 5.32 Å². The van der Waals surface area contributed by atoms with Gasteiger partial charge in [-0.15, -0.1) is 0 Å². The summed E-state index contributed by atoms with van der Waals surface area (Å²) in [5.74, 6) is -0.403. The Labute approximate surface area is 130 Å². The number of carbonyl (C=O) groups excluding carboxylic acids is 2. The molecule has 1 amide bonds. The number of aldehydes is 1. The first kappa shape index (κ1) is 14.7. The highest BCUT2D eigenvalue weighted by molar-refractivity contribution is 5.85. The Hall–Kier alpha value is -2.23. The van der Waals surface area contributed by atoms with Gasteiger partial charge in [0.1, 0.15) is 6.29 Å². The molecule has 1 fully saturated rings. The number of carbonyl (C=O) groups is 2. The normalized spacial score (nSPS) is 28.7. The minimum Gasteiger partial charge on any atom is -0.352 e. The van der Waals surface area contributed by atoms with Crippen molar-refractivity contribution in [3.63, 3.8) is 0 Å². The maximum Gasteiger partial charge on any atom is 0.225 e. The lowest BCUT2D eigenvalue weighted by Gasteiger charge is -2.22. The largest absolute Gasteiger partial charge is 0.352 e. The first-order valence-electron chi connectivity index (χ1n) is 7.61. The molecule has 1 aromatic rings. The van der Waals surface area contributed by atoms with Gasteiger partial charge in [0.15, 0.2) is 0 Å². The molecule has 3 rings (SSSR count). The number of hydrogen-bond donors (Lipinski definition) is 1. The van der Waals surface area contributed by atoms with Crippen molar-refractivity contribution in [2.45, 2.75) is 20.4 Å². The molecule has 0 spiro atoms. The summed E-state index contributed by atoms with van der Waals surface area (Å²) >= 11 is 0. The van der Waals surface area contributed by atoms with Crippen molar-refractivity contribution in [3.05, 3.63) is 53.4 Å². The molecule has 0 radical (unpaired) electrons. The third-order valence-corrected chi connectivity index (χ3v) is 4.69. The van der Waals surface area contributed by atoms with E-state index in [9.17, 15) is 9.59 Å². The quantitative estimate of drug-likeness (QED) is 0.685. The number of hydrogen-bond acceptors (Lipinski definition) is 3. The maximum absolute atomic E-state index is 12.6. The summed E-state index contributed by atoms with van der Waals surface area (Å²) in [5, 5.41) is 2.96. The molecule has 0 aliphatic heterocycles. The summed E-state index contributed by atoms with van der Waals surface area (Å²) in [5.41, 5.74) is 3.42. The summed E-state index contributed by atoms with van der Waals surface area (Å²) in [4.78, 5) is 28.1. The monoisotopic (exact) mass is 296 g/mol. The third kappa shape index (κ3) is 2.39. The predicted octanol–water partition coefficient (Wildman–Crippen LogP) is 2.28. The Kier molecular flexibility index (Phi) is 3.92. The highest BCUT2D eigenvalue weighted by atomic mass is 16.2. The lowest BCUT2D eigenvalue weighted by molar-refractivity contribution is -0.130. The van der Waals surface area contributed by atoms with E-state index in [4.69, 9.17) is 0 Å². The van der Waals surface area contributed by atoms with E-state index in [-0.39, 0.29) is 29.6 Å². The number of rotatable bonds is 4. The van der Waals surface area contributed by atoms with Crippen molar-refractivity contribution >= 4 is 12.2 Å². The fourth-order valence-electron chi connectivity index (χ4n) is 3.76. The van der Waals surface area contributed by atoms with Crippen LogP contribution >= 0.6 is 0 Å². The molecule has 114 valence electrons. The van der Waals surface area contributed by atoms with E-state index < -0.39 is 0 Å². The molecule has 4 nitrogen and oxygen atoms in total. The fourth-order valence-corrected chi connectivity index (χ4v) is 3.76. The van der Waals surface area contributed by atoms with Crippen LogP contribution in [-0.2, 0) is 16.1 Å². The van der Waals surface area contributed by atoms with E-state index >= 15 is 0 Å². The number of pyridine rings is 1. The van der Waals surface area contributed by atoms with Crippen LogP contribution in [0.2, 0.25) is 0 Å². The third-order valence-electron chi connectivity index (χ3n) is 4.69. The highest BCUT2D eigenvalue weighted by Crippen LogP contribution is 2.52. The van der Waals surface area contributed by atoms with Gasteiger partial charge in [-0.05, 0) is 25.5 Å². The molecule has 0 unspecified atom stereocenters. The van der Waals surface area contributed by atoms with Crippen LogP contribution in [0.5, 0.6) is 0 Å². The van der Waals surface area contributed by atoms with Crippen LogP contribution in [0.4, 0.5) is 0 Å². The zero-order valence-corrected chi connectivity index (χ0v) is 12.8. The van der Waals surface area contributed by atoms with Gasteiger partial charge in [-0.1, -0.05) is 29.4 Å². The number of nitrogens with one attached hydrogen (secondary N) is 1. The van der Waals surface area contributed by atoms with Gasteiger partial charge in [-0.3, -0.25) is 9.78 Å². The standard InChI is InChI=1S/C18H20N2O2/c1-11(2)16-13-5-6-14(16)17(15(13)10-21)18(22)20-9-12-4-3-7-19-8-12/h3-8,10,13-15,17H,9H2,1-2H3,(H,20,22)/t13-,14-,15+,17-/m1/s1. The second-order valence-electron chi connectivity index (χ2n) is 6.21. The van der Waals surface area contributed by atoms with Crippen LogP contribution in [-0.4, -0.2) is 17.2 Å². The van der Waals surface area contributed by atoms with Gasteiger partial charge >= 0.3 is 0 Å². The van der Waals surface area contributed by atoms with Gasteiger partial charge < -0.3 is 10.1 Å². The number of nitrogens with zero attached hydrogens (tertiary/aromatic N) is 1. The van der Waals surface area contributed by atoms with E-state index in [1.165, 1.54) is 11.1 Å². The minimum atomic E-state index is -0.283. The second-order valence-corrected chi connectivity index (χ2v) is 6.21. The van der Waals surface area contributed by atoms with Gasteiger partial charge in [0.25, 0.3) is 0 Å². The minimum absolute atomic E-state index is 0.0449. The van der Waals surface area contributed by atoms with Crippen LogP contribution in [0, 0.1) is 23.7 Å². The molecule has 0 saturated heterocycles. The molecule has 2 bridgehead atoms. The average molecular weight is 296 g/mol. The van der Waals surface area contributed by atoms with E-state index in [1.807, 2.05) is 12.1 Å². The Morgan fingerprint density at radius 1 is 1.32 bits per heavy atom. The van der Waals surface area contributed by atoms with Crippen molar-refractivity contribution in [1.29, 1.82) is 0 Å². The molecule has 2 aliphatic carbocycles. The molecule has 22 heavy (non-hydrogen) atoms. The van der Waals surface area contributed by atoms with Crippen LogP contribution in [0.15, 0.2) is 47.8 Å². The Morgan fingerprint density at radius 2 is 2.09 bits per heavy atom. The van der Waals surface area contributed by atoms with Crippen molar-refractivity contribution < 1.29 is 9.59 Å². The van der Waals surface area contributed by atoms with Crippen molar-refractivity contribution in [3.8, 4) is 0 Å². The van der Waals surface area contributed by atoms with Crippen LogP contribution in [0.25, 0.3) is 0 Å². The zero-order valence-electron chi connectivity index (χ0n) is 12.8. The molecule has 2 aliphatic rings. The van der Waals surface area contributed by atoms with Crippen molar-refractivity contribution in [2.75, 3.05) is 0 Å². The Balaban J connectivity index is 1.76. The van der Waals surface area contributed by atoms with Crippen molar-refractivity contribution in [2.24, 2.45) is 23.7 Å². The first-order chi connectivity index (χ1) is 10.6. The lowest BCUT2D eigenvalue weighted by atomic mass is 9.83. The average Bonchev–Trinajstić information content (AvgIpc) is 3.09. The molecule has 0 aromatic carbocycles. The molecule has 4 atom stereocenters. The van der Waals surface area contributed by atoms with Crippen LogP contribution in [0.3, 0.4) is 0 Å². The molecule has 1 heterocycles. The number of aromatic nitrogens is 1. The predicted molar refractivity (Wildman–Crippen MR) is 83.6 cm³/mol. The summed E-state index contributed by atoms with van der Waals surface area (Å²) in [7, 11) is 0. The number of fused-ring (bicyclic) bond motifs is 2. The van der Waals surface area contributed by atoms with Crippen LogP contribution in [0.1, 0.15) is 19.4 Å². The summed E-state index contributed by atoms with van der Waals surface area (Å²) in [6.45, 7) is 4.56. The van der Waals surface area contributed by atoms with Crippen molar-refractivity contribution in [1.82, 2.24) is 10.3 Å². The Bertz CT molecular complexity index is 644. The first-order valence-corrected chi connectivity index (χ1v) is 7.61.